The number of phenolic OH excluding ortho intramolecular Hbond substituents is 2. The molecule has 1 unspecified atom stereocenters. The van der Waals surface area contributed by atoms with E-state index in [4.69, 9.17) is 16.2 Å². The van der Waals surface area contributed by atoms with Gasteiger partial charge in [0.2, 0.25) is 0 Å². The number of benzene rings is 2. The quantitative estimate of drug-likeness (QED) is 0.417. The predicted octanol–water partition coefficient (Wildman–Crippen LogP) is 1.70. The molecule has 0 saturated heterocycles. The highest BCUT2D eigenvalue weighted by Crippen LogP contribution is 2.46. The fourth-order valence-corrected chi connectivity index (χ4v) is 2.18. The van der Waals surface area contributed by atoms with Crippen molar-refractivity contribution in [3.63, 3.8) is 0 Å². The topological polar surface area (TPSA) is 102 Å². The Kier molecular flexibility index (Phi) is 2.11. The number of fused-ring (bicyclic) bond motifs is 3. The van der Waals surface area contributed by atoms with Gasteiger partial charge in [0.05, 0.1) is 11.3 Å². The maximum absolute atomic E-state index is 9.84. The molecule has 5 heteroatoms. The summed E-state index contributed by atoms with van der Waals surface area (Å²) in [6, 6.07) is 8.13. The van der Waals surface area contributed by atoms with Crippen LogP contribution in [0.4, 0.5) is 5.69 Å². The zero-order valence-corrected chi connectivity index (χ0v) is 9.42. The van der Waals surface area contributed by atoms with E-state index in [9.17, 15) is 10.2 Å². The molecule has 2 aromatic rings. The van der Waals surface area contributed by atoms with Crippen molar-refractivity contribution >= 4 is 5.69 Å². The van der Waals surface area contributed by atoms with E-state index < -0.39 is 6.23 Å². The van der Waals surface area contributed by atoms with Crippen LogP contribution in [0.25, 0.3) is 11.1 Å². The number of nitrogens with two attached hydrogens (primary N) is 2. The number of anilines is 1. The van der Waals surface area contributed by atoms with Crippen molar-refractivity contribution in [2.45, 2.75) is 6.23 Å². The van der Waals surface area contributed by atoms with Crippen LogP contribution < -0.4 is 16.2 Å². The average molecular weight is 244 g/mol. The lowest BCUT2D eigenvalue weighted by Crippen LogP contribution is -2.22. The maximum Gasteiger partial charge on any atom is 0.178 e. The van der Waals surface area contributed by atoms with Gasteiger partial charge in [-0.1, -0.05) is 12.1 Å². The Balaban J connectivity index is 2.32. The summed E-state index contributed by atoms with van der Waals surface area (Å²) in [6.07, 6.45) is -0.767. The van der Waals surface area contributed by atoms with Crippen LogP contribution in [0.15, 0.2) is 30.3 Å². The normalized spacial score (nSPS) is 16.6. The Bertz CT molecular complexity index is 640. The SMILES string of the molecule is Nc1cc2c(cc1O)OC(N)c1c(O)cccc1-2. The summed E-state index contributed by atoms with van der Waals surface area (Å²) in [7, 11) is 0. The average Bonchev–Trinajstić information content (AvgIpc) is 2.32. The molecule has 0 amide bonds. The number of hydrogen-bond donors (Lipinski definition) is 4. The Labute approximate surface area is 103 Å². The Morgan fingerprint density at radius 1 is 1.06 bits per heavy atom. The third-order valence-electron chi connectivity index (χ3n) is 3.04. The fourth-order valence-electron chi connectivity index (χ4n) is 2.18. The summed E-state index contributed by atoms with van der Waals surface area (Å²) in [5.74, 6) is 0.481. The zero-order valence-electron chi connectivity index (χ0n) is 9.42. The minimum absolute atomic E-state index is 0.0513. The van der Waals surface area contributed by atoms with E-state index in [1.807, 2.05) is 6.07 Å². The third kappa shape index (κ3) is 1.38. The summed E-state index contributed by atoms with van der Waals surface area (Å²) < 4.78 is 5.48. The van der Waals surface area contributed by atoms with Crippen LogP contribution in [-0.2, 0) is 0 Å². The molecule has 6 N–H and O–H groups in total. The maximum atomic E-state index is 9.84. The lowest BCUT2D eigenvalue weighted by atomic mass is 9.94. The first-order valence-corrected chi connectivity index (χ1v) is 5.45. The number of hydrogen-bond acceptors (Lipinski definition) is 5. The van der Waals surface area contributed by atoms with Crippen LogP contribution in [0.2, 0.25) is 0 Å². The Morgan fingerprint density at radius 2 is 1.83 bits per heavy atom. The van der Waals surface area contributed by atoms with Crippen LogP contribution in [0.3, 0.4) is 0 Å². The molecule has 0 bridgehead atoms. The lowest BCUT2D eigenvalue weighted by molar-refractivity contribution is 0.205. The van der Waals surface area contributed by atoms with Gasteiger partial charge >= 0.3 is 0 Å². The summed E-state index contributed by atoms with van der Waals surface area (Å²) >= 11 is 0. The first-order valence-electron chi connectivity index (χ1n) is 5.45. The van der Waals surface area contributed by atoms with Crippen molar-refractivity contribution in [2.75, 3.05) is 5.73 Å². The molecule has 92 valence electrons. The van der Waals surface area contributed by atoms with Crippen LogP contribution in [-0.4, -0.2) is 10.2 Å². The van der Waals surface area contributed by atoms with Gasteiger partial charge in [0.25, 0.3) is 0 Å². The molecule has 0 saturated carbocycles. The Hall–Kier alpha value is -2.40. The molecule has 0 spiro atoms. The standard InChI is InChI=1S/C13H12N2O3/c14-8-4-7-6-2-1-3-9(16)12(6)13(15)18-11(7)5-10(8)17/h1-5,13,16-17H,14-15H2. The largest absolute Gasteiger partial charge is 0.507 e. The molecule has 1 atom stereocenters. The second-order valence-corrected chi connectivity index (χ2v) is 4.18. The number of rotatable bonds is 0. The number of nitrogen functional groups attached to an aromatic ring is 1. The molecule has 0 aliphatic carbocycles. The minimum Gasteiger partial charge on any atom is -0.507 e. The van der Waals surface area contributed by atoms with Gasteiger partial charge in [-0.15, -0.1) is 0 Å². The summed E-state index contributed by atoms with van der Waals surface area (Å²) in [4.78, 5) is 0. The molecule has 0 aromatic heterocycles. The second kappa shape index (κ2) is 3.54. The number of aromatic hydroxyl groups is 2. The van der Waals surface area contributed by atoms with Crippen LogP contribution in [0.5, 0.6) is 17.2 Å². The number of ether oxygens (including phenoxy) is 1. The van der Waals surface area contributed by atoms with Gasteiger partial charge < -0.3 is 20.7 Å². The predicted molar refractivity (Wildman–Crippen MR) is 67.2 cm³/mol. The van der Waals surface area contributed by atoms with Crippen LogP contribution >= 0.6 is 0 Å². The fraction of sp³-hybridized carbons (Fsp3) is 0.0769. The molecule has 3 rings (SSSR count). The highest BCUT2D eigenvalue weighted by Gasteiger charge is 2.26. The van der Waals surface area contributed by atoms with E-state index in [0.717, 1.165) is 5.56 Å². The number of phenols is 2. The smallest absolute Gasteiger partial charge is 0.178 e. The van der Waals surface area contributed by atoms with Crippen molar-refractivity contribution in [3.05, 3.63) is 35.9 Å². The first kappa shape index (κ1) is 10.7. The molecule has 18 heavy (non-hydrogen) atoms. The molecule has 0 radical (unpaired) electrons. The van der Waals surface area contributed by atoms with Gasteiger partial charge in [-0.2, -0.15) is 0 Å². The van der Waals surface area contributed by atoms with Gasteiger partial charge in [0.15, 0.2) is 6.23 Å². The molecular weight excluding hydrogens is 232 g/mol. The van der Waals surface area contributed by atoms with Crippen molar-refractivity contribution in [1.29, 1.82) is 0 Å². The first-order chi connectivity index (χ1) is 8.58. The van der Waals surface area contributed by atoms with Crippen molar-refractivity contribution in [1.82, 2.24) is 0 Å². The van der Waals surface area contributed by atoms with E-state index in [2.05, 4.69) is 0 Å². The van der Waals surface area contributed by atoms with E-state index in [0.29, 0.717) is 16.9 Å². The van der Waals surface area contributed by atoms with Crippen molar-refractivity contribution in [3.8, 4) is 28.4 Å². The van der Waals surface area contributed by atoms with Gasteiger partial charge in [-0.05, 0) is 17.7 Å². The zero-order chi connectivity index (χ0) is 12.9. The monoisotopic (exact) mass is 244 g/mol. The molecule has 2 aromatic carbocycles. The Morgan fingerprint density at radius 3 is 2.61 bits per heavy atom. The highest BCUT2D eigenvalue weighted by atomic mass is 16.5. The molecule has 1 aliphatic heterocycles. The van der Waals surface area contributed by atoms with Crippen LogP contribution in [0.1, 0.15) is 11.8 Å². The molecule has 1 heterocycles. The molecule has 1 aliphatic rings. The van der Waals surface area contributed by atoms with Gasteiger partial charge in [-0.25, -0.2) is 0 Å². The van der Waals surface area contributed by atoms with Gasteiger partial charge in [0, 0.05) is 11.6 Å². The van der Waals surface area contributed by atoms with Crippen molar-refractivity contribution in [2.24, 2.45) is 5.73 Å². The summed E-state index contributed by atoms with van der Waals surface area (Å²) in [6.45, 7) is 0. The highest BCUT2D eigenvalue weighted by molar-refractivity contribution is 5.81. The van der Waals surface area contributed by atoms with E-state index in [-0.39, 0.29) is 17.2 Å². The molecule has 5 nitrogen and oxygen atoms in total. The summed E-state index contributed by atoms with van der Waals surface area (Å²) in [5.41, 5.74) is 13.8. The van der Waals surface area contributed by atoms with Gasteiger partial charge in [-0.3, -0.25) is 5.73 Å². The van der Waals surface area contributed by atoms with E-state index >= 15 is 0 Å². The molecule has 0 fully saturated rings. The van der Waals surface area contributed by atoms with E-state index in [1.54, 1.807) is 18.2 Å². The molecular formula is C13H12N2O3. The van der Waals surface area contributed by atoms with Gasteiger partial charge in [0.1, 0.15) is 17.2 Å². The van der Waals surface area contributed by atoms with Crippen molar-refractivity contribution < 1.29 is 14.9 Å². The van der Waals surface area contributed by atoms with E-state index in [1.165, 1.54) is 6.07 Å². The summed E-state index contributed by atoms with van der Waals surface area (Å²) in [5, 5.41) is 19.4. The second-order valence-electron chi connectivity index (χ2n) is 4.18. The van der Waals surface area contributed by atoms with Crippen LogP contribution in [0, 0.1) is 0 Å². The third-order valence-corrected chi connectivity index (χ3v) is 3.04. The lowest BCUT2D eigenvalue weighted by Gasteiger charge is -2.27. The minimum atomic E-state index is -0.767.